The predicted octanol–water partition coefficient (Wildman–Crippen LogP) is -0.485. The molecule has 1 rings (SSSR count). The summed E-state index contributed by atoms with van der Waals surface area (Å²) >= 11 is 0. The molecule has 0 aromatic heterocycles. The van der Waals surface area contributed by atoms with Crippen molar-refractivity contribution in [2.75, 3.05) is 0 Å². The summed E-state index contributed by atoms with van der Waals surface area (Å²) in [5, 5.41) is 19.5. The Morgan fingerprint density at radius 2 is 1.62 bits per heavy atom. The van der Waals surface area contributed by atoms with Crippen molar-refractivity contribution in [3.8, 4) is 0 Å². The normalized spacial score (nSPS) is 8.81. The lowest BCUT2D eigenvalue weighted by Crippen LogP contribution is -2.24. The van der Waals surface area contributed by atoms with E-state index in [1.54, 1.807) is 31.2 Å². The fourth-order valence-corrected chi connectivity index (χ4v) is 0.967. The zero-order valence-corrected chi connectivity index (χ0v) is 9.14. The second-order valence-corrected chi connectivity index (χ2v) is 3.16. The summed E-state index contributed by atoms with van der Waals surface area (Å²) in [6, 6.07) is 8.97. The van der Waals surface area contributed by atoms with Crippen molar-refractivity contribution in [2.45, 2.75) is 26.2 Å². The number of aliphatic carboxylic acids is 2. The molecule has 0 N–H and O–H groups in total. The van der Waals surface area contributed by atoms with Gasteiger partial charge in [-0.3, -0.25) is 0 Å². The maximum atomic E-state index is 10.1. The lowest BCUT2D eigenvalue weighted by Gasteiger charge is -1.99. The monoisotopic (exact) mass is 222 g/mol. The smallest absolute Gasteiger partial charge is 0.0458 e. The molecule has 4 nitrogen and oxygen atoms in total. The van der Waals surface area contributed by atoms with Crippen LogP contribution in [0.4, 0.5) is 0 Å². The second-order valence-electron chi connectivity index (χ2n) is 3.16. The van der Waals surface area contributed by atoms with Gasteiger partial charge in [0.15, 0.2) is 0 Å². The molecule has 0 amide bonds. The Bertz CT molecular complexity index is 319. The second kappa shape index (κ2) is 8.47. The molecule has 0 aliphatic heterocycles. The third kappa shape index (κ3) is 8.74. The van der Waals surface area contributed by atoms with Gasteiger partial charge in [0.05, 0.1) is 0 Å². The number of carbonyl (C=O) groups is 2. The number of hydrogen-bond acceptors (Lipinski definition) is 4. The fraction of sp³-hybridized carbons (Fsp3) is 0.333. The van der Waals surface area contributed by atoms with E-state index >= 15 is 0 Å². The van der Waals surface area contributed by atoms with Gasteiger partial charge >= 0.3 is 0 Å². The highest BCUT2D eigenvalue weighted by molar-refractivity contribution is 5.67. The van der Waals surface area contributed by atoms with Crippen LogP contribution in [0.3, 0.4) is 0 Å². The molecule has 16 heavy (non-hydrogen) atoms. The zero-order chi connectivity index (χ0) is 12.4. The molecule has 4 heteroatoms. The van der Waals surface area contributed by atoms with Crippen LogP contribution < -0.4 is 10.2 Å². The van der Waals surface area contributed by atoms with E-state index in [4.69, 9.17) is 0 Å². The van der Waals surface area contributed by atoms with Crippen LogP contribution in [0.15, 0.2) is 30.3 Å². The summed E-state index contributed by atoms with van der Waals surface area (Å²) in [6.07, 6.45) is 0.850. The SMILES string of the molecule is CCCC(=O)[O-].O=C([O-])Cc1ccccc1. The maximum absolute atomic E-state index is 10.1. The van der Waals surface area contributed by atoms with Gasteiger partial charge in [-0.05, 0) is 12.0 Å². The van der Waals surface area contributed by atoms with Gasteiger partial charge in [0.1, 0.15) is 0 Å². The molecule has 0 bridgehead atoms. The highest BCUT2D eigenvalue weighted by Gasteiger charge is 1.88. The van der Waals surface area contributed by atoms with Crippen molar-refractivity contribution in [1.29, 1.82) is 0 Å². The Morgan fingerprint density at radius 3 is 1.94 bits per heavy atom. The molecule has 0 fully saturated rings. The van der Waals surface area contributed by atoms with E-state index in [1.807, 2.05) is 6.07 Å². The maximum Gasteiger partial charge on any atom is 0.0458 e. The molecule has 0 aliphatic carbocycles. The average Bonchev–Trinajstić information content (AvgIpc) is 2.18. The van der Waals surface area contributed by atoms with Crippen LogP contribution in [0.5, 0.6) is 0 Å². The van der Waals surface area contributed by atoms with Gasteiger partial charge in [0.2, 0.25) is 0 Å². The van der Waals surface area contributed by atoms with E-state index in [0.717, 1.165) is 5.56 Å². The number of carbonyl (C=O) groups excluding carboxylic acids is 2. The first-order chi connectivity index (χ1) is 7.56. The van der Waals surface area contributed by atoms with E-state index < -0.39 is 11.9 Å². The van der Waals surface area contributed by atoms with Crippen molar-refractivity contribution in [2.24, 2.45) is 0 Å². The zero-order valence-electron chi connectivity index (χ0n) is 9.14. The van der Waals surface area contributed by atoms with Crippen LogP contribution in [-0.2, 0) is 16.0 Å². The molecule has 0 atom stereocenters. The highest BCUT2D eigenvalue weighted by Crippen LogP contribution is 1.97. The summed E-state index contributed by atoms with van der Waals surface area (Å²) < 4.78 is 0. The van der Waals surface area contributed by atoms with Crippen LogP contribution in [0.25, 0.3) is 0 Å². The molecule has 0 saturated carbocycles. The van der Waals surface area contributed by atoms with Gasteiger partial charge in [-0.2, -0.15) is 0 Å². The molecule has 0 radical (unpaired) electrons. The summed E-state index contributed by atoms with van der Waals surface area (Å²) in [7, 11) is 0. The molecular weight excluding hydrogens is 208 g/mol. The molecule has 1 aromatic rings. The predicted molar refractivity (Wildman–Crippen MR) is 55.1 cm³/mol. The summed E-state index contributed by atoms with van der Waals surface area (Å²) in [5.74, 6) is -2.00. The summed E-state index contributed by atoms with van der Waals surface area (Å²) in [4.78, 5) is 19.5. The highest BCUT2D eigenvalue weighted by atomic mass is 16.4. The quantitative estimate of drug-likeness (QED) is 0.688. The van der Waals surface area contributed by atoms with Crippen LogP contribution >= 0.6 is 0 Å². The Kier molecular flexibility index (Phi) is 7.49. The Labute approximate surface area is 94.5 Å². The molecule has 0 aliphatic rings. The van der Waals surface area contributed by atoms with Crippen molar-refractivity contribution in [3.05, 3.63) is 35.9 Å². The fourth-order valence-electron chi connectivity index (χ4n) is 0.967. The number of hydrogen-bond donors (Lipinski definition) is 0. The minimum absolute atomic E-state index is 0.000833. The van der Waals surface area contributed by atoms with Gasteiger partial charge in [-0.25, -0.2) is 0 Å². The first-order valence-electron chi connectivity index (χ1n) is 4.99. The topological polar surface area (TPSA) is 80.3 Å². The minimum Gasteiger partial charge on any atom is -0.550 e. The molecule has 0 spiro atoms. The van der Waals surface area contributed by atoms with Crippen molar-refractivity contribution < 1.29 is 19.8 Å². The Hall–Kier alpha value is -1.84. The third-order valence-corrected chi connectivity index (χ3v) is 1.65. The van der Waals surface area contributed by atoms with E-state index in [2.05, 4.69) is 0 Å². The van der Waals surface area contributed by atoms with E-state index in [1.165, 1.54) is 0 Å². The molecular formula is C12H14O4-2. The van der Waals surface area contributed by atoms with Crippen molar-refractivity contribution in [1.82, 2.24) is 0 Å². The Balaban J connectivity index is 0.000000325. The van der Waals surface area contributed by atoms with E-state index in [-0.39, 0.29) is 12.8 Å². The minimum atomic E-state index is -1.04. The largest absolute Gasteiger partial charge is 0.550 e. The number of rotatable bonds is 4. The van der Waals surface area contributed by atoms with Gasteiger partial charge in [0.25, 0.3) is 0 Å². The molecule has 0 heterocycles. The van der Waals surface area contributed by atoms with Crippen LogP contribution in [0.2, 0.25) is 0 Å². The molecule has 0 saturated heterocycles. The molecule has 88 valence electrons. The van der Waals surface area contributed by atoms with E-state index in [0.29, 0.717) is 6.42 Å². The summed E-state index contributed by atoms with van der Waals surface area (Å²) in [5.41, 5.74) is 0.780. The Morgan fingerprint density at radius 1 is 1.06 bits per heavy atom. The van der Waals surface area contributed by atoms with Crippen molar-refractivity contribution in [3.63, 3.8) is 0 Å². The lowest BCUT2D eigenvalue weighted by molar-refractivity contribution is -0.306. The number of carboxylic acid groups (broad SMARTS) is 2. The standard InChI is InChI=1S/C8H8O2.C4H8O2/c9-8(10)6-7-4-2-1-3-5-7;1-2-3-4(5)6/h1-5H,6H2,(H,9,10);2-3H2,1H3,(H,5,6)/p-2. The van der Waals surface area contributed by atoms with Crippen LogP contribution in [0, 0.1) is 0 Å². The molecule has 1 aromatic carbocycles. The lowest BCUT2D eigenvalue weighted by atomic mass is 10.2. The van der Waals surface area contributed by atoms with Gasteiger partial charge in [-0.15, -0.1) is 0 Å². The first kappa shape index (κ1) is 14.2. The van der Waals surface area contributed by atoms with Crippen molar-refractivity contribution >= 4 is 11.9 Å². The van der Waals surface area contributed by atoms with Gasteiger partial charge < -0.3 is 19.8 Å². The average molecular weight is 222 g/mol. The van der Waals surface area contributed by atoms with Crippen LogP contribution in [0.1, 0.15) is 25.3 Å². The number of carboxylic acids is 2. The van der Waals surface area contributed by atoms with Gasteiger partial charge in [-0.1, -0.05) is 43.7 Å². The first-order valence-corrected chi connectivity index (χ1v) is 4.99. The third-order valence-electron chi connectivity index (χ3n) is 1.65. The molecule has 0 unspecified atom stereocenters. The van der Waals surface area contributed by atoms with Crippen LogP contribution in [-0.4, -0.2) is 11.9 Å². The van der Waals surface area contributed by atoms with E-state index in [9.17, 15) is 19.8 Å². The summed E-state index contributed by atoms with van der Waals surface area (Å²) in [6.45, 7) is 1.80. The number of benzene rings is 1. The van der Waals surface area contributed by atoms with Gasteiger partial charge in [0, 0.05) is 18.4 Å².